The zero-order valence-electron chi connectivity index (χ0n) is 15.7. The van der Waals surface area contributed by atoms with Crippen LogP contribution in [0.3, 0.4) is 0 Å². The van der Waals surface area contributed by atoms with E-state index in [1.54, 1.807) is 18.4 Å². The zero-order chi connectivity index (χ0) is 19.5. The van der Waals surface area contributed by atoms with Gasteiger partial charge in [0.25, 0.3) is 0 Å². The van der Waals surface area contributed by atoms with E-state index in [0.717, 1.165) is 53.1 Å². The van der Waals surface area contributed by atoms with E-state index in [1.807, 2.05) is 18.2 Å². The smallest absolute Gasteiger partial charge is 0.312 e. The van der Waals surface area contributed by atoms with Gasteiger partial charge in [0.15, 0.2) is 5.82 Å². The summed E-state index contributed by atoms with van der Waals surface area (Å²) >= 11 is 1.63. The van der Waals surface area contributed by atoms with Crippen LogP contribution in [0.25, 0.3) is 21.3 Å². The molecule has 1 fully saturated rings. The summed E-state index contributed by atoms with van der Waals surface area (Å²) in [6.45, 7) is 1.97. The predicted octanol–water partition coefficient (Wildman–Crippen LogP) is 3.14. The molecule has 1 aliphatic rings. The van der Waals surface area contributed by atoms with Gasteiger partial charge in [0, 0.05) is 37.2 Å². The van der Waals surface area contributed by atoms with Gasteiger partial charge < -0.3 is 20.7 Å². The molecule has 4 rings (SSSR count). The summed E-state index contributed by atoms with van der Waals surface area (Å²) in [5.41, 5.74) is 7.58. The number of hydrogen-bond donors (Lipinski definition) is 2. The van der Waals surface area contributed by atoms with Crippen LogP contribution in [0.15, 0.2) is 35.7 Å². The Morgan fingerprint density at radius 2 is 2.04 bits per heavy atom. The first-order valence-corrected chi connectivity index (χ1v) is 10.2. The number of piperidine rings is 1. The molecule has 0 aliphatic carbocycles. The van der Waals surface area contributed by atoms with E-state index in [4.69, 9.17) is 20.4 Å². The lowest BCUT2D eigenvalue weighted by molar-refractivity contribution is 0.178. The number of methoxy groups -OCH3 is 1. The molecule has 0 spiro atoms. The maximum absolute atomic E-state index is 11.1. The van der Waals surface area contributed by atoms with Crippen molar-refractivity contribution < 1.29 is 9.53 Å². The van der Waals surface area contributed by atoms with E-state index in [-0.39, 0.29) is 6.04 Å². The minimum Gasteiger partial charge on any atom is -0.377 e. The Morgan fingerprint density at radius 1 is 1.29 bits per heavy atom. The Bertz CT molecular complexity index is 967. The van der Waals surface area contributed by atoms with Crippen LogP contribution in [-0.2, 0) is 11.3 Å². The van der Waals surface area contributed by atoms with E-state index in [2.05, 4.69) is 27.7 Å². The van der Waals surface area contributed by atoms with Crippen LogP contribution in [0.2, 0.25) is 0 Å². The highest BCUT2D eigenvalue weighted by atomic mass is 32.1. The third kappa shape index (κ3) is 3.79. The van der Waals surface area contributed by atoms with Crippen molar-refractivity contribution in [2.24, 2.45) is 5.73 Å². The zero-order valence-corrected chi connectivity index (χ0v) is 16.5. The van der Waals surface area contributed by atoms with Crippen LogP contribution in [0.1, 0.15) is 18.7 Å². The molecule has 0 radical (unpaired) electrons. The number of anilines is 1. The van der Waals surface area contributed by atoms with E-state index in [1.165, 1.54) is 0 Å². The standard InChI is InChI=1S/C20H23N5O2S/c1-27-11-16-23-18(25-9-7-14(8-10-25)22-20(21)26)17-15(12-28-19(17)24-16)13-5-3-2-4-6-13/h2-6,12,14H,7-11H2,1H3,(H3,21,22,26). The average molecular weight is 398 g/mol. The number of benzene rings is 1. The minimum atomic E-state index is -0.463. The molecule has 146 valence electrons. The highest BCUT2D eigenvalue weighted by Crippen LogP contribution is 2.39. The van der Waals surface area contributed by atoms with Crippen LogP contribution in [0.4, 0.5) is 10.6 Å². The third-order valence-electron chi connectivity index (χ3n) is 4.96. The number of carbonyl (C=O) groups is 1. The van der Waals surface area contributed by atoms with Crippen molar-refractivity contribution in [1.82, 2.24) is 15.3 Å². The lowest BCUT2D eigenvalue weighted by atomic mass is 10.0. The van der Waals surface area contributed by atoms with Crippen LogP contribution in [-0.4, -0.2) is 42.2 Å². The summed E-state index contributed by atoms with van der Waals surface area (Å²) in [5, 5.41) is 6.05. The Balaban J connectivity index is 1.73. The number of nitrogens with zero attached hydrogens (tertiary/aromatic N) is 3. The van der Waals surface area contributed by atoms with Gasteiger partial charge in [-0.15, -0.1) is 11.3 Å². The molecule has 1 aliphatic heterocycles. The van der Waals surface area contributed by atoms with Crippen molar-refractivity contribution in [3.8, 4) is 11.1 Å². The number of thiophene rings is 1. The number of primary amides is 1. The van der Waals surface area contributed by atoms with Gasteiger partial charge in [-0.1, -0.05) is 30.3 Å². The first-order valence-electron chi connectivity index (χ1n) is 9.29. The van der Waals surface area contributed by atoms with Crippen LogP contribution >= 0.6 is 11.3 Å². The summed E-state index contributed by atoms with van der Waals surface area (Å²) in [7, 11) is 1.65. The fraction of sp³-hybridized carbons (Fsp3) is 0.350. The maximum Gasteiger partial charge on any atom is 0.312 e. The molecular weight excluding hydrogens is 374 g/mol. The number of urea groups is 1. The lowest BCUT2D eigenvalue weighted by Gasteiger charge is -2.33. The van der Waals surface area contributed by atoms with Gasteiger partial charge in [-0.3, -0.25) is 0 Å². The summed E-state index contributed by atoms with van der Waals surface area (Å²) in [4.78, 5) is 23.9. The second-order valence-corrected chi connectivity index (χ2v) is 7.72. The molecule has 3 aromatic rings. The Hall–Kier alpha value is -2.71. The van der Waals surface area contributed by atoms with E-state index >= 15 is 0 Å². The van der Waals surface area contributed by atoms with E-state index in [9.17, 15) is 4.79 Å². The number of hydrogen-bond acceptors (Lipinski definition) is 6. The van der Waals surface area contributed by atoms with Crippen molar-refractivity contribution in [2.45, 2.75) is 25.5 Å². The highest BCUT2D eigenvalue weighted by Gasteiger charge is 2.25. The number of amides is 2. The number of nitrogens with one attached hydrogen (secondary N) is 1. The van der Waals surface area contributed by atoms with Crippen molar-refractivity contribution in [2.75, 3.05) is 25.1 Å². The maximum atomic E-state index is 11.1. The monoisotopic (exact) mass is 397 g/mol. The molecule has 7 nitrogen and oxygen atoms in total. The average Bonchev–Trinajstić information content (AvgIpc) is 3.12. The minimum absolute atomic E-state index is 0.112. The fourth-order valence-corrected chi connectivity index (χ4v) is 4.62. The number of rotatable bonds is 5. The number of ether oxygens (including phenoxy) is 1. The number of nitrogens with two attached hydrogens (primary N) is 1. The Kier molecular flexibility index (Phi) is 5.40. The molecule has 0 unspecified atom stereocenters. The molecule has 28 heavy (non-hydrogen) atoms. The van der Waals surface area contributed by atoms with Crippen LogP contribution in [0.5, 0.6) is 0 Å². The van der Waals surface area contributed by atoms with Gasteiger partial charge in [0.05, 0.1) is 5.39 Å². The van der Waals surface area contributed by atoms with E-state index in [0.29, 0.717) is 12.4 Å². The predicted molar refractivity (Wildman–Crippen MR) is 112 cm³/mol. The van der Waals surface area contributed by atoms with Crippen molar-refractivity contribution in [3.63, 3.8) is 0 Å². The van der Waals surface area contributed by atoms with Gasteiger partial charge in [-0.05, 0) is 18.4 Å². The highest BCUT2D eigenvalue weighted by molar-refractivity contribution is 7.17. The summed E-state index contributed by atoms with van der Waals surface area (Å²) < 4.78 is 5.27. The summed E-state index contributed by atoms with van der Waals surface area (Å²) in [6, 6.07) is 9.96. The molecule has 2 amide bonds. The number of carbonyl (C=O) groups excluding carboxylic acids is 1. The second kappa shape index (κ2) is 8.12. The first kappa shape index (κ1) is 18.6. The molecule has 0 saturated carbocycles. The number of fused-ring (bicyclic) bond motifs is 1. The molecule has 0 bridgehead atoms. The number of aromatic nitrogens is 2. The molecule has 2 aromatic heterocycles. The molecule has 1 saturated heterocycles. The summed E-state index contributed by atoms with van der Waals surface area (Å²) in [5.74, 6) is 1.62. The third-order valence-corrected chi connectivity index (χ3v) is 5.83. The van der Waals surface area contributed by atoms with E-state index < -0.39 is 6.03 Å². The molecule has 0 atom stereocenters. The SMILES string of the molecule is COCc1nc(N2CCC(NC(N)=O)CC2)c2c(-c3ccccc3)csc2n1. The Morgan fingerprint density at radius 3 is 2.71 bits per heavy atom. The van der Waals surface area contributed by atoms with Gasteiger partial charge in [0.2, 0.25) is 0 Å². The first-order chi connectivity index (χ1) is 13.7. The molecule has 3 N–H and O–H groups in total. The largest absolute Gasteiger partial charge is 0.377 e. The molecule has 8 heteroatoms. The normalized spacial score (nSPS) is 15.1. The van der Waals surface area contributed by atoms with Gasteiger partial charge in [0.1, 0.15) is 17.3 Å². The van der Waals surface area contributed by atoms with Crippen LogP contribution < -0.4 is 16.0 Å². The Labute approximate surface area is 167 Å². The van der Waals surface area contributed by atoms with Gasteiger partial charge in [-0.2, -0.15) is 0 Å². The molecular formula is C20H23N5O2S. The molecule has 3 heterocycles. The van der Waals surface area contributed by atoms with Gasteiger partial charge in [-0.25, -0.2) is 14.8 Å². The van der Waals surface area contributed by atoms with Crippen molar-refractivity contribution in [1.29, 1.82) is 0 Å². The van der Waals surface area contributed by atoms with Crippen molar-refractivity contribution >= 4 is 33.4 Å². The summed E-state index contributed by atoms with van der Waals surface area (Å²) in [6.07, 6.45) is 1.66. The second-order valence-electron chi connectivity index (χ2n) is 6.86. The fourth-order valence-electron chi connectivity index (χ4n) is 3.66. The van der Waals surface area contributed by atoms with Crippen LogP contribution in [0, 0.1) is 0 Å². The van der Waals surface area contributed by atoms with Gasteiger partial charge >= 0.3 is 6.03 Å². The molecule has 1 aromatic carbocycles. The van der Waals surface area contributed by atoms with Crippen molar-refractivity contribution in [3.05, 3.63) is 41.5 Å². The lowest BCUT2D eigenvalue weighted by Crippen LogP contribution is -2.46. The quantitative estimate of drug-likeness (QED) is 0.690. The topological polar surface area (TPSA) is 93.4 Å².